The number of nitrogens with one attached hydrogen (secondary N) is 1. The number of tetrazole rings is 1. The summed E-state index contributed by atoms with van der Waals surface area (Å²) < 4.78 is 6.14. The summed E-state index contributed by atoms with van der Waals surface area (Å²) in [6.07, 6.45) is 1.29. The molecule has 1 atom stereocenters. The molecular weight excluding hydrogens is 346 g/mol. The van der Waals surface area contributed by atoms with Gasteiger partial charge in [0.25, 0.3) is 5.91 Å². The van der Waals surface area contributed by atoms with E-state index in [4.69, 9.17) is 4.74 Å². The summed E-state index contributed by atoms with van der Waals surface area (Å²) in [7, 11) is 0. The summed E-state index contributed by atoms with van der Waals surface area (Å²) in [6.45, 7) is 1.38. The minimum Gasteiger partial charge on any atom is -0.454 e. The monoisotopic (exact) mass is 365 g/mol. The molecule has 1 N–H and O–H groups in total. The number of nitrogens with zero attached hydrogens (tertiary/aromatic N) is 4. The molecule has 0 aliphatic rings. The maximum atomic E-state index is 12.0. The van der Waals surface area contributed by atoms with E-state index in [1.807, 2.05) is 61.5 Å². The number of hydrogen-bond acceptors (Lipinski definition) is 6. The average molecular weight is 365 g/mol. The molecular formula is C19H19N5O3. The SMILES string of the molecule is CC(NC(=O)COC(=O)Cn1cnnn1)c1ccc(-c2ccccc2)cc1. The summed E-state index contributed by atoms with van der Waals surface area (Å²) in [5.74, 6) is -0.961. The predicted octanol–water partition coefficient (Wildman–Crippen LogP) is 1.76. The van der Waals surface area contributed by atoms with E-state index in [9.17, 15) is 9.59 Å². The molecule has 138 valence electrons. The molecule has 0 saturated carbocycles. The van der Waals surface area contributed by atoms with Gasteiger partial charge in [-0.05, 0) is 34.0 Å². The molecule has 1 amide bonds. The lowest BCUT2D eigenvalue weighted by Gasteiger charge is -2.15. The van der Waals surface area contributed by atoms with Crippen LogP contribution < -0.4 is 5.32 Å². The predicted molar refractivity (Wildman–Crippen MR) is 97.2 cm³/mol. The first-order valence-corrected chi connectivity index (χ1v) is 8.43. The molecule has 1 unspecified atom stereocenters. The van der Waals surface area contributed by atoms with Crippen LogP contribution in [0.1, 0.15) is 18.5 Å². The minimum atomic E-state index is -0.586. The lowest BCUT2D eigenvalue weighted by atomic mass is 10.0. The summed E-state index contributed by atoms with van der Waals surface area (Å²) in [5, 5.41) is 13.2. The molecule has 1 aromatic heterocycles. The van der Waals surface area contributed by atoms with Crippen LogP contribution in [0.3, 0.4) is 0 Å². The Kier molecular flexibility index (Phi) is 5.88. The largest absolute Gasteiger partial charge is 0.454 e. The van der Waals surface area contributed by atoms with Gasteiger partial charge in [-0.3, -0.25) is 9.59 Å². The molecule has 0 aliphatic carbocycles. The van der Waals surface area contributed by atoms with Crippen molar-refractivity contribution in [1.82, 2.24) is 25.5 Å². The van der Waals surface area contributed by atoms with E-state index >= 15 is 0 Å². The molecule has 0 spiro atoms. The first-order valence-electron chi connectivity index (χ1n) is 8.43. The first kappa shape index (κ1) is 18.2. The highest BCUT2D eigenvalue weighted by Crippen LogP contribution is 2.21. The number of rotatable bonds is 7. The molecule has 0 saturated heterocycles. The van der Waals surface area contributed by atoms with Gasteiger partial charge in [0.15, 0.2) is 6.61 Å². The number of amides is 1. The molecule has 0 fully saturated rings. The second kappa shape index (κ2) is 8.70. The van der Waals surface area contributed by atoms with E-state index in [0.717, 1.165) is 16.7 Å². The summed E-state index contributed by atoms with van der Waals surface area (Å²) in [6, 6.07) is 17.8. The zero-order valence-corrected chi connectivity index (χ0v) is 14.8. The van der Waals surface area contributed by atoms with Gasteiger partial charge in [-0.1, -0.05) is 54.6 Å². The molecule has 0 radical (unpaired) electrons. The molecule has 3 rings (SSSR count). The van der Waals surface area contributed by atoms with Crippen molar-refractivity contribution in [1.29, 1.82) is 0 Å². The second-order valence-electron chi connectivity index (χ2n) is 5.95. The van der Waals surface area contributed by atoms with Gasteiger partial charge in [-0.15, -0.1) is 5.10 Å². The molecule has 1 heterocycles. The van der Waals surface area contributed by atoms with Crippen molar-refractivity contribution in [3.05, 3.63) is 66.5 Å². The quantitative estimate of drug-likeness (QED) is 0.641. The number of carbonyl (C=O) groups excluding carboxylic acids is 2. The Hall–Kier alpha value is -3.55. The third-order valence-corrected chi connectivity index (χ3v) is 3.94. The Morgan fingerprint density at radius 1 is 1.07 bits per heavy atom. The fourth-order valence-corrected chi connectivity index (χ4v) is 2.54. The van der Waals surface area contributed by atoms with Crippen molar-refractivity contribution in [2.75, 3.05) is 6.61 Å². The molecule has 0 aliphatic heterocycles. The van der Waals surface area contributed by atoms with Crippen LogP contribution in [-0.4, -0.2) is 38.7 Å². The highest BCUT2D eigenvalue weighted by Gasteiger charge is 2.13. The van der Waals surface area contributed by atoms with E-state index in [1.54, 1.807) is 0 Å². The Balaban J connectivity index is 1.48. The number of benzene rings is 2. The van der Waals surface area contributed by atoms with Gasteiger partial charge in [0, 0.05) is 0 Å². The lowest BCUT2D eigenvalue weighted by Crippen LogP contribution is -2.31. The second-order valence-corrected chi connectivity index (χ2v) is 5.95. The molecule has 3 aromatic rings. The molecule has 2 aromatic carbocycles. The standard InChI is InChI=1S/C19H19N5O3/c1-14(15-7-9-17(10-8-15)16-5-3-2-4-6-16)21-18(25)12-27-19(26)11-24-13-20-22-23-24/h2-10,13-14H,11-12H2,1H3,(H,21,25). The van der Waals surface area contributed by atoms with E-state index < -0.39 is 5.97 Å². The van der Waals surface area contributed by atoms with Crippen LogP contribution in [0.2, 0.25) is 0 Å². The van der Waals surface area contributed by atoms with E-state index in [-0.39, 0.29) is 25.1 Å². The maximum absolute atomic E-state index is 12.0. The van der Waals surface area contributed by atoms with Crippen LogP contribution in [0, 0.1) is 0 Å². The number of aromatic nitrogens is 4. The maximum Gasteiger partial charge on any atom is 0.328 e. The Morgan fingerprint density at radius 3 is 2.44 bits per heavy atom. The van der Waals surface area contributed by atoms with Crippen LogP contribution in [0.5, 0.6) is 0 Å². The van der Waals surface area contributed by atoms with Gasteiger partial charge in [-0.25, -0.2) is 4.68 Å². The number of esters is 1. The normalized spacial score (nSPS) is 11.6. The third-order valence-electron chi connectivity index (χ3n) is 3.94. The molecule has 27 heavy (non-hydrogen) atoms. The highest BCUT2D eigenvalue weighted by atomic mass is 16.5. The van der Waals surface area contributed by atoms with Crippen LogP contribution in [0.4, 0.5) is 0 Å². The Bertz CT molecular complexity index is 879. The van der Waals surface area contributed by atoms with Crippen LogP contribution in [0.25, 0.3) is 11.1 Å². The van der Waals surface area contributed by atoms with E-state index in [0.29, 0.717) is 0 Å². The van der Waals surface area contributed by atoms with Crippen LogP contribution in [0.15, 0.2) is 60.9 Å². The van der Waals surface area contributed by atoms with Crippen molar-refractivity contribution < 1.29 is 14.3 Å². The van der Waals surface area contributed by atoms with Gasteiger partial charge < -0.3 is 10.1 Å². The van der Waals surface area contributed by atoms with E-state index in [1.165, 1.54) is 11.0 Å². The van der Waals surface area contributed by atoms with Crippen molar-refractivity contribution in [3.8, 4) is 11.1 Å². The number of ether oxygens (including phenoxy) is 1. The lowest BCUT2D eigenvalue weighted by molar-refractivity contribution is -0.149. The number of carbonyl (C=O) groups is 2. The molecule has 8 heteroatoms. The zero-order valence-electron chi connectivity index (χ0n) is 14.8. The smallest absolute Gasteiger partial charge is 0.328 e. The van der Waals surface area contributed by atoms with E-state index in [2.05, 4.69) is 20.8 Å². The van der Waals surface area contributed by atoms with Gasteiger partial charge >= 0.3 is 5.97 Å². The van der Waals surface area contributed by atoms with Gasteiger partial charge in [0.2, 0.25) is 0 Å². The Labute approximate surface area is 156 Å². The van der Waals surface area contributed by atoms with Gasteiger partial charge in [0.1, 0.15) is 12.9 Å². The fourth-order valence-electron chi connectivity index (χ4n) is 2.54. The van der Waals surface area contributed by atoms with Gasteiger partial charge in [0.05, 0.1) is 6.04 Å². The molecule has 0 bridgehead atoms. The average Bonchev–Trinajstić information content (AvgIpc) is 3.20. The van der Waals surface area contributed by atoms with Crippen molar-refractivity contribution in [2.24, 2.45) is 0 Å². The van der Waals surface area contributed by atoms with Crippen LogP contribution >= 0.6 is 0 Å². The zero-order chi connectivity index (χ0) is 19.1. The highest BCUT2D eigenvalue weighted by molar-refractivity contribution is 5.80. The minimum absolute atomic E-state index is 0.142. The summed E-state index contributed by atoms with van der Waals surface area (Å²) in [5.41, 5.74) is 3.20. The topological polar surface area (TPSA) is 99.0 Å². The van der Waals surface area contributed by atoms with Crippen molar-refractivity contribution in [2.45, 2.75) is 19.5 Å². The Morgan fingerprint density at radius 2 is 1.78 bits per heavy atom. The number of hydrogen-bond donors (Lipinski definition) is 1. The first-order chi connectivity index (χ1) is 13.1. The third kappa shape index (κ3) is 5.21. The van der Waals surface area contributed by atoms with Crippen molar-refractivity contribution >= 4 is 11.9 Å². The van der Waals surface area contributed by atoms with Gasteiger partial charge in [-0.2, -0.15) is 0 Å². The molecule has 8 nitrogen and oxygen atoms in total. The van der Waals surface area contributed by atoms with Crippen LogP contribution in [-0.2, 0) is 20.9 Å². The fraction of sp³-hybridized carbons (Fsp3) is 0.211. The van der Waals surface area contributed by atoms with Crippen molar-refractivity contribution in [3.63, 3.8) is 0 Å². The summed E-state index contributed by atoms with van der Waals surface area (Å²) in [4.78, 5) is 23.6. The summed E-state index contributed by atoms with van der Waals surface area (Å²) >= 11 is 0.